The minimum Gasteiger partial charge on any atom is -0.484 e. The molecule has 7 nitrogen and oxygen atoms in total. The number of benzene rings is 2. The van der Waals surface area contributed by atoms with E-state index in [4.69, 9.17) is 10.00 Å². The van der Waals surface area contributed by atoms with Crippen LogP contribution in [0.5, 0.6) is 5.75 Å². The number of rotatable bonds is 6. The molecule has 2 aromatic carbocycles. The smallest absolute Gasteiger partial charge is 0.269 e. The lowest BCUT2D eigenvalue weighted by Gasteiger charge is -2.07. The van der Waals surface area contributed by atoms with E-state index in [1.54, 1.807) is 24.3 Å². The van der Waals surface area contributed by atoms with Crippen molar-refractivity contribution in [2.24, 2.45) is 0 Å². The molecule has 0 unspecified atom stereocenters. The maximum atomic E-state index is 11.7. The van der Waals surface area contributed by atoms with E-state index in [1.165, 1.54) is 24.3 Å². The number of carbonyl (C=O) groups excluding carboxylic acids is 1. The van der Waals surface area contributed by atoms with E-state index in [1.807, 2.05) is 6.07 Å². The van der Waals surface area contributed by atoms with Gasteiger partial charge in [-0.2, -0.15) is 5.26 Å². The number of nitrogens with one attached hydrogen (secondary N) is 1. The van der Waals surface area contributed by atoms with Crippen molar-refractivity contribution in [2.45, 2.75) is 6.54 Å². The molecule has 0 atom stereocenters. The predicted molar refractivity (Wildman–Crippen MR) is 81.6 cm³/mol. The average Bonchev–Trinajstić information content (AvgIpc) is 2.59. The highest BCUT2D eigenvalue weighted by Crippen LogP contribution is 2.17. The van der Waals surface area contributed by atoms with Crippen molar-refractivity contribution in [3.05, 3.63) is 69.8 Å². The maximum absolute atomic E-state index is 11.7. The van der Waals surface area contributed by atoms with Crippen molar-refractivity contribution in [1.29, 1.82) is 5.26 Å². The van der Waals surface area contributed by atoms with Crippen LogP contribution in [0, 0.1) is 21.4 Å². The average molecular weight is 311 g/mol. The molecule has 116 valence electrons. The van der Waals surface area contributed by atoms with Crippen molar-refractivity contribution in [3.8, 4) is 11.8 Å². The molecule has 0 aromatic heterocycles. The lowest BCUT2D eigenvalue weighted by atomic mass is 10.1. The van der Waals surface area contributed by atoms with Gasteiger partial charge >= 0.3 is 0 Å². The van der Waals surface area contributed by atoms with Gasteiger partial charge in [-0.1, -0.05) is 12.1 Å². The van der Waals surface area contributed by atoms with Crippen LogP contribution in [0.4, 0.5) is 5.69 Å². The molecule has 2 aromatic rings. The Labute approximate surface area is 132 Å². The third-order valence-corrected chi connectivity index (χ3v) is 2.99. The summed E-state index contributed by atoms with van der Waals surface area (Å²) in [6.07, 6.45) is 0. The van der Waals surface area contributed by atoms with Crippen molar-refractivity contribution in [2.75, 3.05) is 6.61 Å². The Balaban J connectivity index is 1.78. The summed E-state index contributed by atoms with van der Waals surface area (Å²) in [5.41, 5.74) is 1.39. The molecule has 1 amide bonds. The van der Waals surface area contributed by atoms with E-state index in [2.05, 4.69) is 5.32 Å². The van der Waals surface area contributed by atoms with Crippen LogP contribution in [0.2, 0.25) is 0 Å². The largest absolute Gasteiger partial charge is 0.484 e. The molecule has 0 radical (unpaired) electrons. The Morgan fingerprint density at radius 2 is 1.83 bits per heavy atom. The van der Waals surface area contributed by atoms with Crippen LogP contribution in [0.25, 0.3) is 0 Å². The minimum atomic E-state index is -0.506. The Morgan fingerprint density at radius 1 is 1.17 bits per heavy atom. The summed E-state index contributed by atoms with van der Waals surface area (Å²) in [6.45, 7) is 0.141. The third kappa shape index (κ3) is 4.82. The first kappa shape index (κ1) is 16.0. The molecule has 0 bridgehead atoms. The molecule has 0 saturated carbocycles. The second kappa shape index (κ2) is 7.56. The fourth-order valence-electron chi connectivity index (χ4n) is 1.76. The molecule has 0 spiro atoms. The van der Waals surface area contributed by atoms with Crippen LogP contribution >= 0.6 is 0 Å². The van der Waals surface area contributed by atoms with Gasteiger partial charge in [-0.3, -0.25) is 14.9 Å². The summed E-state index contributed by atoms with van der Waals surface area (Å²) < 4.78 is 5.25. The first-order valence-corrected chi connectivity index (χ1v) is 6.71. The van der Waals surface area contributed by atoms with Gasteiger partial charge in [0.25, 0.3) is 11.6 Å². The zero-order valence-electron chi connectivity index (χ0n) is 12.1. The molecule has 0 fully saturated rings. The molecule has 1 N–H and O–H groups in total. The van der Waals surface area contributed by atoms with Gasteiger partial charge in [0.1, 0.15) is 5.75 Å². The van der Waals surface area contributed by atoms with Gasteiger partial charge in [0.2, 0.25) is 0 Å². The number of nitriles is 1. The molecular weight excluding hydrogens is 298 g/mol. The van der Waals surface area contributed by atoms with Gasteiger partial charge in [-0.25, -0.2) is 0 Å². The van der Waals surface area contributed by atoms with E-state index in [9.17, 15) is 14.9 Å². The summed E-state index contributed by atoms with van der Waals surface area (Å²) >= 11 is 0. The lowest BCUT2D eigenvalue weighted by Crippen LogP contribution is -2.28. The summed E-state index contributed by atoms with van der Waals surface area (Å²) in [4.78, 5) is 21.7. The molecule has 0 aliphatic heterocycles. The van der Waals surface area contributed by atoms with Crippen LogP contribution in [0.3, 0.4) is 0 Å². The monoisotopic (exact) mass is 311 g/mol. The topological polar surface area (TPSA) is 105 Å². The molecule has 0 saturated heterocycles. The fourth-order valence-corrected chi connectivity index (χ4v) is 1.76. The first-order chi connectivity index (χ1) is 11.1. The van der Waals surface area contributed by atoms with Gasteiger partial charge in [-0.05, 0) is 29.8 Å². The summed E-state index contributed by atoms with van der Waals surface area (Å²) in [5, 5.41) is 21.9. The lowest BCUT2D eigenvalue weighted by molar-refractivity contribution is -0.384. The molecule has 0 aliphatic carbocycles. The van der Waals surface area contributed by atoms with E-state index in [-0.39, 0.29) is 18.2 Å². The SMILES string of the molecule is N#Cc1ccc(CNC(=O)COc2ccc([N+](=O)[O-])cc2)cc1. The summed E-state index contributed by atoms with van der Waals surface area (Å²) in [7, 11) is 0. The number of nitro groups is 1. The van der Waals surface area contributed by atoms with Gasteiger partial charge in [0, 0.05) is 18.7 Å². The highest BCUT2D eigenvalue weighted by atomic mass is 16.6. The molecular formula is C16H13N3O4. The van der Waals surface area contributed by atoms with Crippen LogP contribution in [-0.4, -0.2) is 17.4 Å². The van der Waals surface area contributed by atoms with Gasteiger partial charge in [-0.15, -0.1) is 0 Å². The standard InChI is InChI=1S/C16H13N3O4/c17-9-12-1-3-13(4-2-12)10-18-16(20)11-23-15-7-5-14(6-8-15)19(21)22/h1-8H,10-11H2,(H,18,20). The highest BCUT2D eigenvalue weighted by Gasteiger charge is 2.06. The number of hydrogen-bond acceptors (Lipinski definition) is 5. The Morgan fingerprint density at radius 3 is 2.39 bits per heavy atom. The van der Waals surface area contributed by atoms with Gasteiger partial charge < -0.3 is 10.1 Å². The van der Waals surface area contributed by atoms with Crippen molar-refractivity contribution >= 4 is 11.6 Å². The quantitative estimate of drug-likeness (QED) is 0.650. The number of hydrogen-bond donors (Lipinski definition) is 1. The van der Waals surface area contributed by atoms with Gasteiger partial charge in [0.15, 0.2) is 6.61 Å². The predicted octanol–water partition coefficient (Wildman–Crippen LogP) is 2.16. The number of carbonyl (C=O) groups is 1. The summed E-state index contributed by atoms with van der Waals surface area (Å²) in [5.74, 6) is 0.0665. The Hall–Kier alpha value is -3.40. The van der Waals surface area contributed by atoms with Crippen LogP contribution in [0.15, 0.2) is 48.5 Å². The van der Waals surface area contributed by atoms with Gasteiger partial charge in [0.05, 0.1) is 16.6 Å². The summed E-state index contributed by atoms with van der Waals surface area (Å²) in [6, 6.07) is 14.4. The van der Waals surface area contributed by atoms with Crippen molar-refractivity contribution in [3.63, 3.8) is 0 Å². The first-order valence-electron chi connectivity index (χ1n) is 6.71. The second-order valence-corrected chi connectivity index (χ2v) is 4.63. The maximum Gasteiger partial charge on any atom is 0.269 e. The number of nitro benzene ring substituents is 1. The highest BCUT2D eigenvalue weighted by molar-refractivity contribution is 5.77. The molecule has 0 aliphatic rings. The molecule has 0 heterocycles. The normalized spacial score (nSPS) is 9.70. The zero-order valence-corrected chi connectivity index (χ0v) is 12.1. The number of amides is 1. The van der Waals surface area contributed by atoms with Crippen LogP contribution in [-0.2, 0) is 11.3 Å². The number of non-ortho nitro benzene ring substituents is 1. The third-order valence-electron chi connectivity index (χ3n) is 2.99. The fraction of sp³-hybridized carbons (Fsp3) is 0.125. The number of nitrogens with zero attached hydrogens (tertiary/aromatic N) is 2. The zero-order chi connectivity index (χ0) is 16.7. The second-order valence-electron chi connectivity index (χ2n) is 4.63. The van der Waals surface area contributed by atoms with Crippen LogP contribution < -0.4 is 10.1 Å². The molecule has 7 heteroatoms. The van der Waals surface area contributed by atoms with E-state index in [0.717, 1.165) is 5.56 Å². The number of ether oxygens (including phenoxy) is 1. The minimum absolute atomic E-state index is 0.0392. The Bertz CT molecular complexity index is 733. The van der Waals surface area contributed by atoms with Crippen molar-refractivity contribution < 1.29 is 14.5 Å². The van der Waals surface area contributed by atoms with E-state index >= 15 is 0 Å². The molecule has 23 heavy (non-hydrogen) atoms. The van der Waals surface area contributed by atoms with Crippen molar-refractivity contribution in [1.82, 2.24) is 5.32 Å². The molecule has 2 rings (SSSR count). The Kier molecular flexibility index (Phi) is 5.25. The van der Waals surface area contributed by atoms with Crippen LogP contribution in [0.1, 0.15) is 11.1 Å². The van der Waals surface area contributed by atoms with E-state index in [0.29, 0.717) is 17.9 Å². The van der Waals surface area contributed by atoms with E-state index < -0.39 is 4.92 Å².